The van der Waals surface area contributed by atoms with Crippen LogP contribution < -0.4 is 5.32 Å². The summed E-state index contributed by atoms with van der Waals surface area (Å²) in [5, 5.41) is 6.95. The van der Waals surface area contributed by atoms with Gasteiger partial charge < -0.3 is 0 Å². The van der Waals surface area contributed by atoms with Crippen molar-refractivity contribution in [2.24, 2.45) is 5.92 Å². The van der Waals surface area contributed by atoms with Gasteiger partial charge in [-0.2, -0.15) is 5.01 Å². The molecule has 2 unspecified atom stereocenters. The Morgan fingerprint density at radius 1 is 1.33 bits per heavy atom. The van der Waals surface area contributed by atoms with Crippen LogP contribution in [-0.4, -0.2) is 61.7 Å². The van der Waals surface area contributed by atoms with Crippen molar-refractivity contribution in [3.8, 4) is 0 Å². The first-order valence-corrected chi connectivity index (χ1v) is 7.40. The van der Waals surface area contributed by atoms with Gasteiger partial charge in [-0.3, -0.25) is 4.79 Å². The molecule has 1 heterocycles. The molecule has 0 aromatic carbocycles. The standard InChI is InChI=1S/C14H29N3O/c1-4-16(5-2)17(6-3,10-11-18)13-14-8-7-9-15-12-14/h11,14H,4-10,12-13H2,1-3H3/q+1. The van der Waals surface area contributed by atoms with E-state index in [1.54, 1.807) is 0 Å². The predicted molar refractivity (Wildman–Crippen MR) is 74.1 cm³/mol. The second-order valence-electron chi connectivity index (χ2n) is 5.22. The summed E-state index contributed by atoms with van der Waals surface area (Å²) in [6.45, 7) is 13.3. The largest absolute Gasteiger partial charge is 0.297 e. The normalized spacial score (nSPS) is 23.9. The summed E-state index contributed by atoms with van der Waals surface area (Å²) < 4.78 is 0.816. The van der Waals surface area contributed by atoms with Crippen LogP contribution in [0.15, 0.2) is 0 Å². The third-order valence-electron chi connectivity index (χ3n) is 4.25. The molecule has 0 aromatic rings. The maximum atomic E-state index is 11.1. The van der Waals surface area contributed by atoms with Gasteiger partial charge in [0.25, 0.3) is 0 Å². The Labute approximate surface area is 112 Å². The van der Waals surface area contributed by atoms with Crippen LogP contribution in [-0.2, 0) is 4.79 Å². The molecule has 2 atom stereocenters. The second-order valence-corrected chi connectivity index (χ2v) is 5.22. The van der Waals surface area contributed by atoms with Crippen molar-refractivity contribution in [1.82, 2.24) is 10.3 Å². The van der Waals surface area contributed by atoms with Gasteiger partial charge in [0.15, 0.2) is 12.8 Å². The summed E-state index contributed by atoms with van der Waals surface area (Å²) in [4.78, 5) is 11.1. The SMILES string of the molecule is CCN(CC)[N+](CC)(CC=O)CC1CCC[N]C1. The molecule has 0 amide bonds. The third-order valence-corrected chi connectivity index (χ3v) is 4.25. The molecule has 4 nitrogen and oxygen atoms in total. The van der Waals surface area contributed by atoms with Crippen molar-refractivity contribution >= 4 is 6.29 Å². The highest BCUT2D eigenvalue weighted by Crippen LogP contribution is 2.20. The number of quaternary nitrogens is 1. The van der Waals surface area contributed by atoms with Crippen molar-refractivity contribution in [2.75, 3.05) is 45.8 Å². The lowest BCUT2D eigenvalue weighted by atomic mass is 9.98. The first-order chi connectivity index (χ1) is 8.72. The number of rotatable bonds is 8. The molecule has 0 saturated carbocycles. The Balaban J connectivity index is 2.76. The monoisotopic (exact) mass is 255 g/mol. The minimum absolute atomic E-state index is 0.606. The van der Waals surface area contributed by atoms with Crippen LogP contribution in [0.5, 0.6) is 0 Å². The Morgan fingerprint density at radius 3 is 2.50 bits per heavy atom. The molecule has 1 saturated heterocycles. The predicted octanol–water partition coefficient (Wildman–Crippen LogP) is 1.29. The molecule has 1 fully saturated rings. The minimum Gasteiger partial charge on any atom is -0.297 e. The number of hydrogen-bond acceptors (Lipinski definition) is 2. The van der Waals surface area contributed by atoms with Gasteiger partial charge in [-0.05, 0) is 33.6 Å². The summed E-state index contributed by atoms with van der Waals surface area (Å²) in [6, 6.07) is 0. The lowest BCUT2D eigenvalue weighted by Crippen LogP contribution is -2.63. The van der Waals surface area contributed by atoms with Crippen LogP contribution in [0.3, 0.4) is 0 Å². The molecule has 0 aromatic heterocycles. The quantitative estimate of drug-likeness (QED) is 0.372. The van der Waals surface area contributed by atoms with Crippen LogP contribution in [0.4, 0.5) is 0 Å². The van der Waals surface area contributed by atoms with E-state index in [9.17, 15) is 4.79 Å². The van der Waals surface area contributed by atoms with E-state index in [-0.39, 0.29) is 0 Å². The van der Waals surface area contributed by atoms with E-state index in [0.29, 0.717) is 12.5 Å². The Hall–Kier alpha value is -0.450. The van der Waals surface area contributed by atoms with Crippen molar-refractivity contribution in [1.29, 1.82) is 0 Å². The number of aldehydes is 1. The number of carbonyl (C=O) groups excluding carboxylic acids is 1. The van der Waals surface area contributed by atoms with E-state index < -0.39 is 0 Å². The average Bonchev–Trinajstić information content (AvgIpc) is 2.41. The van der Waals surface area contributed by atoms with Crippen molar-refractivity contribution in [3.05, 3.63) is 0 Å². The van der Waals surface area contributed by atoms with Gasteiger partial charge in [0.2, 0.25) is 0 Å². The van der Waals surface area contributed by atoms with Crippen LogP contribution in [0, 0.1) is 5.92 Å². The second kappa shape index (κ2) is 7.87. The van der Waals surface area contributed by atoms with Crippen molar-refractivity contribution in [2.45, 2.75) is 33.6 Å². The molecular weight excluding hydrogens is 226 g/mol. The summed E-state index contributed by atoms with van der Waals surface area (Å²) in [5.74, 6) is 0.652. The van der Waals surface area contributed by atoms with Crippen molar-refractivity contribution in [3.63, 3.8) is 0 Å². The Morgan fingerprint density at radius 2 is 2.06 bits per heavy atom. The van der Waals surface area contributed by atoms with E-state index in [2.05, 4.69) is 31.1 Å². The molecule has 1 radical (unpaired) electrons. The zero-order valence-corrected chi connectivity index (χ0v) is 12.3. The smallest absolute Gasteiger partial charge is 0.176 e. The molecule has 0 aliphatic carbocycles. The van der Waals surface area contributed by atoms with E-state index in [4.69, 9.17) is 0 Å². The van der Waals surface area contributed by atoms with Gasteiger partial charge in [-0.25, -0.2) is 9.91 Å². The zero-order chi connectivity index (χ0) is 13.4. The lowest BCUT2D eigenvalue weighted by molar-refractivity contribution is -1.03. The number of hydrogen-bond donors (Lipinski definition) is 0. The molecule has 1 aliphatic rings. The minimum atomic E-state index is 0.606. The number of carbonyl (C=O) groups is 1. The van der Waals surface area contributed by atoms with E-state index in [1.165, 1.54) is 12.8 Å². The van der Waals surface area contributed by atoms with E-state index in [1.807, 2.05) is 0 Å². The molecule has 1 aliphatic heterocycles. The van der Waals surface area contributed by atoms with Crippen LogP contribution in [0.25, 0.3) is 0 Å². The molecule has 105 valence electrons. The lowest BCUT2D eigenvalue weighted by Gasteiger charge is -2.45. The van der Waals surface area contributed by atoms with Crippen LogP contribution >= 0.6 is 0 Å². The van der Waals surface area contributed by atoms with Crippen LogP contribution in [0.2, 0.25) is 0 Å². The Bertz CT molecular complexity index is 237. The highest BCUT2D eigenvalue weighted by Gasteiger charge is 2.35. The van der Waals surface area contributed by atoms with Gasteiger partial charge in [-0.1, -0.05) is 0 Å². The van der Waals surface area contributed by atoms with Gasteiger partial charge in [0, 0.05) is 32.1 Å². The van der Waals surface area contributed by atoms with Crippen molar-refractivity contribution < 1.29 is 9.39 Å². The fourth-order valence-electron chi connectivity index (χ4n) is 3.21. The average molecular weight is 255 g/mol. The van der Waals surface area contributed by atoms with E-state index >= 15 is 0 Å². The molecular formula is C14H29N3O+. The summed E-state index contributed by atoms with van der Waals surface area (Å²) in [5.41, 5.74) is 0. The number of nitrogens with zero attached hydrogens (tertiary/aromatic N) is 3. The highest BCUT2D eigenvalue weighted by atomic mass is 16.1. The van der Waals surface area contributed by atoms with Gasteiger partial charge in [-0.15, -0.1) is 0 Å². The molecule has 4 heteroatoms. The molecule has 0 spiro atoms. The Kier molecular flexibility index (Phi) is 6.82. The maximum absolute atomic E-state index is 11.1. The van der Waals surface area contributed by atoms with Crippen LogP contribution in [0.1, 0.15) is 33.6 Å². The van der Waals surface area contributed by atoms with Gasteiger partial charge in [0.1, 0.15) is 6.54 Å². The first kappa shape index (κ1) is 15.6. The third kappa shape index (κ3) is 3.77. The summed E-state index contributed by atoms with van der Waals surface area (Å²) >= 11 is 0. The summed E-state index contributed by atoms with van der Waals surface area (Å²) in [6.07, 6.45) is 3.57. The molecule has 18 heavy (non-hydrogen) atoms. The topological polar surface area (TPSA) is 34.4 Å². The van der Waals surface area contributed by atoms with Gasteiger partial charge in [0.05, 0.1) is 6.54 Å². The fraction of sp³-hybridized carbons (Fsp3) is 0.929. The number of likely N-dealkylation sites (N-methyl/N-ethyl adjacent to an activating group) is 1. The zero-order valence-electron chi connectivity index (χ0n) is 12.3. The van der Waals surface area contributed by atoms with E-state index in [0.717, 1.165) is 50.1 Å². The molecule has 0 bridgehead atoms. The van der Waals surface area contributed by atoms with Gasteiger partial charge >= 0.3 is 0 Å². The molecule has 0 N–H and O–H groups in total. The fourth-order valence-corrected chi connectivity index (χ4v) is 3.21. The summed E-state index contributed by atoms with van der Waals surface area (Å²) in [7, 11) is 0. The molecule has 1 rings (SSSR count). The number of piperidine rings is 1. The first-order valence-electron chi connectivity index (χ1n) is 7.40. The maximum Gasteiger partial charge on any atom is 0.176 e. The highest BCUT2D eigenvalue weighted by molar-refractivity contribution is 5.50.